The highest BCUT2D eigenvalue weighted by molar-refractivity contribution is 7.27. The average Bonchev–Trinajstić information content (AvgIpc) is 2.16. The third kappa shape index (κ3) is 2.13. The second-order valence-corrected chi connectivity index (χ2v) is 3.12. The Kier molecular flexibility index (Phi) is 3.15. The number of esters is 1. The fraction of sp³-hybridized carbons (Fsp3) is 0.111. The van der Waals surface area contributed by atoms with Gasteiger partial charge in [0.1, 0.15) is 0 Å². The predicted molar refractivity (Wildman–Crippen MR) is 52.5 cm³/mol. The molecule has 1 rings (SSSR count). The Hall–Kier alpha value is -1.21. The molecule has 0 N–H and O–H groups in total. The van der Waals surface area contributed by atoms with Crippen LogP contribution in [0.2, 0.25) is 0 Å². The van der Waals surface area contributed by atoms with Gasteiger partial charge in [0.05, 0.1) is 12.7 Å². The van der Waals surface area contributed by atoms with Gasteiger partial charge < -0.3 is 4.74 Å². The van der Waals surface area contributed by atoms with Gasteiger partial charge in [-0.05, 0) is 11.4 Å². The molecular weight excluding hydrogens is 187 g/mol. The fourth-order valence-electron chi connectivity index (χ4n) is 0.963. The predicted octanol–water partition coefficient (Wildman–Crippen LogP) is 0.786. The van der Waals surface area contributed by atoms with Gasteiger partial charge >= 0.3 is 5.97 Å². The van der Waals surface area contributed by atoms with E-state index in [0.29, 0.717) is 17.4 Å². The van der Waals surface area contributed by atoms with Crippen molar-refractivity contribution in [2.45, 2.75) is 0 Å². The van der Waals surface area contributed by atoms with Gasteiger partial charge in [-0.15, -0.1) is 9.24 Å². The number of carbonyl (C=O) groups excluding carboxylic acids is 2. The molecule has 0 amide bonds. The van der Waals surface area contributed by atoms with Crippen LogP contribution in [0.1, 0.15) is 20.7 Å². The van der Waals surface area contributed by atoms with Crippen molar-refractivity contribution in [2.75, 3.05) is 7.11 Å². The number of aldehydes is 1. The van der Waals surface area contributed by atoms with E-state index in [1.165, 1.54) is 7.11 Å². The zero-order valence-electron chi connectivity index (χ0n) is 7.11. The van der Waals surface area contributed by atoms with Crippen LogP contribution in [0.15, 0.2) is 18.2 Å². The SMILES string of the molecule is COC(=O)c1cc(P)ccc1C=O. The standard InChI is InChI=1S/C9H9O3P/c1-12-9(11)8-4-7(13)3-2-6(8)5-10/h2-5H,13H2,1H3. The molecule has 4 heteroatoms. The topological polar surface area (TPSA) is 43.4 Å². The van der Waals surface area contributed by atoms with E-state index in [1.54, 1.807) is 18.2 Å². The first-order chi connectivity index (χ1) is 6.19. The largest absolute Gasteiger partial charge is 0.465 e. The van der Waals surface area contributed by atoms with Crippen molar-refractivity contribution in [3.63, 3.8) is 0 Å². The Labute approximate surface area is 78.3 Å². The molecule has 0 radical (unpaired) electrons. The molecule has 1 aromatic rings. The number of ether oxygens (including phenoxy) is 1. The molecule has 0 aliphatic heterocycles. The van der Waals surface area contributed by atoms with Crippen molar-refractivity contribution in [3.8, 4) is 0 Å². The summed E-state index contributed by atoms with van der Waals surface area (Å²) in [4.78, 5) is 21.7. The molecule has 0 heterocycles. The van der Waals surface area contributed by atoms with Gasteiger partial charge in [-0.25, -0.2) is 4.79 Å². The van der Waals surface area contributed by atoms with Crippen LogP contribution in [0.5, 0.6) is 0 Å². The molecular formula is C9H9O3P. The maximum atomic E-state index is 11.2. The lowest BCUT2D eigenvalue weighted by molar-refractivity contribution is 0.0598. The number of methoxy groups -OCH3 is 1. The van der Waals surface area contributed by atoms with Crippen LogP contribution in [0, 0.1) is 0 Å². The maximum absolute atomic E-state index is 11.2. The summed E-state index contributed by atoms with van der Waals surface area (Å²) in [7, 11) is 3.73. The summed E-state index contributed by atoms with van der Waals surface area (Å²) in [6.07, 6.45) is 0.635. The monoisotopic (exact) mass is 196 g/mol. The van der Waals surface area contributed by atoms with Gasteiger partial charge in [-0.1, -0.05) is 12.1 Å². The Morgan fingerprint density at radius 3 is 2.77 bits per heavy atom. The summed E-state index contributed by atoms with van der Waals surface area (Å²) >= 11 is 0. The van der Waals surface area contributed by atoms with Crippen molar-refractivity contribution in [2.24, 2.45) is 0 Å². The van der Waals surface area contributed by atoms with Gasteiger partial charge in [0.15, 0.2) is 6.29 Å². The normalized spacial score (nSPS) is 9.38. The van der Waals surface area contributed by atoms with E-state index in [0.717, 1.165) is 5.30 Å². The van der Waals surface area contributed by atoms with E-state index in [2.05, 4.69) is 14.0 Å². The Morgan fingerprint density at radius 1 is 1.54 bits per heavy atom. The molecule has 0 aliphatic carbocycles. The minimum absolute atomic E-state index is 0.296. The van der Waals surface area contributed by atoms with Crippen molar-refractivity contribution < 1.29 is 14.3 Å². The van der Waals surface area contributed by atoms with Crippen LogP contribution < -0.4 is 5.30 Å². The van der Waals surface area contributed by atoms with Crippen molar-refractivity contribution in [1.29, 1.82) is 0 Å². The summed E-state index contributed by atoms with van der Waals surface area (Å²) in [5, 5.41) is 0.839. The first-order valence-electron chi connectivity index (χ1n) is 3.62. The van der Waals surface area contributed by atoms with Crippen molar-refractivity contribution in [1.82, 2.24) is 0 Å². The van der Waals surface area contributed by atoms with Gasteiger partial charge in [0.2, 0.25) is 0 Å². The van der Waals surface area contributed by atoms with E-state index < -0.39 is 5.97 Å². The summed E-state index contributed by atoms with van der Waals surface area (Å²) in [5.74, 6) is -0.494. The third-order valence-electron chi connectivity index (χ3n) is 1.61. The molecule has 1 unspecified atom stereocenters. The van der Waals surface area contributed by atoms with E-state index in [9.17, 15) is 9.59 Å². The molecule has 0 aromatic heterocycles. The maximum Gasteiger partial charge on any atom is 0.338 e. The lowest BCUT2D eigenvalue weighted by Crippen LogP contribution is -2.08. The molecule has 0 saturated heterocycles. The Morgan fingerprint density at radius 2 is 2.23 bits per heavy atom. The highest BCUT2D eigenvalue weighted by atomic mass is 31.0. The van der Waals surface area contributed by atoms with Gasteiger partial charge in [-0.3, -0.25) is 4.79 Å². The summed E-state index contributed by atoms with van der Waals surface area (Å²) in [5.41, 5.74) is 0.642. The average molecular weight is 196 g/mol. The quantitative estimate of drug-likeness (QED) is 0.399. The van der Waals surface area contributed by atoms with Crippen LogP contribution in [0.3, 0.4) is 0 Å². The second kappa shape index (κ2) is 4.15. The van der Waals surface area contributed by atoms with Crippen molar-refractivity contribution >= 4 is 26.8 Å². The molecule has 3 nitrogen and oxygen atoms in total. The van der Waals surface area contributed by atoms with E-state index in [-0.39, 0.29) is 0 Å². The lowest BCUT2D eigenvalue weighted by Gasteiger charge is -2.02. The number of benzene rings is 1. The van der Waals surface area contributed by atoms with Crippen LogP contribution in [0.25, 0.3) is 0 Å². The Bertz CT molecular complexity index is 347. The molecule has 1 aromatic carbocycles. The fourth-order valence-corrected chi connectivity index (χ4v) is 1.23. The molecule has 0 bridgehead atoms. The van der Waals surface area contributed by atoms with E-state index >= 15 is 0 Å². The summed E-state index contributed by atoms with van der Waals surface area (Å²) in [6.45, 7) is 0. The number of hydrogen-bond donors (Lipinski definition) is 0. The lowest BCUT2D eigenvalue weighted by atomic mass is 10.1. The van der Waals surface area contributed by atoms with Crippen LogP contribution in [0.4, 0.5) is 0 Å². The molecule has 0 aliphatic rings. The highest BCUT2D eigenvalue weighted by Gasteiger charge is 2.10. The zero-order valence-corrected chi connectivity index (χ0v) is 8.27. The van der Waals surface area contributed by atoms with E-state index in [1.807, 2.05) is 0 Å². The van der Waals surface area contributed by atoms with Crippen LogP contribution in [-0.2, 0) is 4.74 Å². The van der Waals surface area contributed by atoms with Crippen LogP contribution >= 0.6 is 9.24 Å². The van der Waals surface area contributed by atoms with E-state index in [4.69, 9.17) is 0 Å². The number of carbonyl (C=O) groups is 2. The highest BCUT2D eigenvalue weighted by Crippen LogP contribution is 2.07. The Balaban J connectivity index is 3.23. The first-order valence-corrected chi connectivity index (χ1v) is 4.19. The third-order valence-corrected chi connectivity index (χ3v) is 1.97. The minimum Gasteiger partial charge on any atom is -0.465 e. The number of rotatable bonds is 2. The molecule has 68 valence electrons. The molecule has 0 saturated carbocycles. The van der Waals surface area contributed by atoms with Gasteiger partial charge in [-0.2, -0.15) is 0 Å². The molecule has 0 spiro atoms. The van der Waals surface area contributed by atoms with Crippen LogP contribution in [-0.4, -0.2) is 19.4 Å². The zero-order chi connectivity index (χ0) is 9.84. The summed E-state index contributed by atoms with van der Waals surface area (Å²) in [6, 6.07) is 4.92. The second-order valence-electron chi connectivity index (χ2n) is 2.46. The first kappa shape index (κ1) is 9.87. The minimum atomic E-state index is -0.494. The molecule has 13 heavy (non-hydrogen) atoms. The number of hydrogen-bond acceptors (Lipinski definition) is 3. The van der Waals surface area contributed by atoms with Gasteiger partial charge in [0.25, 0.3) is 0 Å². The molecule has 0 fully saturated rings. The van der Waals surface area contributed by atoms with Gasteiger partial charge in [0, 0.05) is 5.56 Å². The smallest absolute Gasteiger partial charge is 0.338 e. The summed E-state index contributed by atoms with van der Waals surface area (Å²) < 4.78 is 4.53. The molecule has 1 atom stereocenters. The van der Waals surface area contributed by atoms with Crippen molar-refractivity contribution in [3.05, 3.63) is 29.3 Å².